The van der Waals surface area contributed by atoms with Gasteiger partial charge >= 0.3 is 0 Å². The van der Waals surface area contributed by atoms with Crippen LogP contribution < -0.4 is 0 Å². The lowest BCUT2D eigenvalue weighted by Crippen LogP contribution is -2.07. The topological polar surface area (TPSA) is 43.6 Å². The largest absolute Gasteiger partial charge is 0.273 e. The van der Waals surface area contributed by atoms with Crippen LogP contribution in [0.15, 0.2) is 66.7 Å². The molecule has 0 aliphatic carbocycles. The highest BCUT2D eigenvalue weighted by molar-refractivity contribution is 5.68. The minimum absolute atomic E-state index is 0.821. The van der Waals surface area contributed by atoms with E-state index in [4.69, 9.17) is 0 Å². The average Bonchev–Trinajstić information content (AvgIpc) is 3.07. The van der Waals surface area contributed by atoms with Gasteiger partial charge in [-0.15, -0.1) is 10.2 Å². The summed E-state index contributed by atoms with van der Waals surface area (Å²) in [5.74, 6) is 1.64. The molecular weight excluding hydrogens is 320 g/mol. The van der Waals surface area contributed by atoms with Crippen LogP contribution in [0.3, 0.4) is 0 Å². The standard InChI is InChI=1S/C22H20N4/c1-15-14-16(2)23-17(3)20(15)26-21(18-10-6-4-7-11-18)24-25-22(26)19-12-8-5-9-13-19/h4-14H,1-3H3. The van der Waals surface area contributed by atoms with Gasteiger partial charge in [0.1, 0.15) is 0 Å². The van der Waals surface area contributed by atoms with Gasteiger partial charge in [0, 0.05) is 16.8 Å². The second-order valence-corrected chi connectivity index (χ2v) is 6.43. The van der Waals surface area contributed by atoms with Gasteiger partial charge in [0.2, 0.25) is 0 Å². The number of nitrogens with zero attached hydrogens (tertiary/aromatic N) is 4. The Balaban J connectivity index is 2.05. The fourth-order valence-corrected chi connectivity index (χ4v) is 3.40. The SMILES string of the molecule is Cc1cc(C)c(-n2c(-c3ccccc3)nnc2-c2ccccc2)c(C)n1. The van der Waals surface area contributed by atoms with Crippen LogP contribution in [0, 0.1) is 20.8 Å². The van der Waals surface area contributed by atoms with Gasteiger partial charge in [-0.25, -0.2) is 0 Å². The summed E-state index contributed by atoms with van der Waals surface area (Å²) < 4.78 is 2.13. The smallest absolute Gasteiger partial charge is 0.168 e. The zero-order valence-electron chi connectivity index (χ0n) is 15.1. The van der Waals surface area contributed by atoms with E-state index in [2.05, 4.69) is 57.0 Å². The predicted octanol–water partition coefficient (Wildman–Crippen LogP) is 4.92. The van der Waals surface area contributed by atoms with E-state index in [-0.39, 0.29) is 0 Å². The maximum absolute atomic E-state index is 4.68. The maximum Gasteiger partial charge on any atom is 0.168 e. The average molecular weight is 340 g/mol. The molecule has 0 bridgehead atoms. The highest BCUT2D eigenvalue weighted by Crippen LogP contribution is 2.31. The van der Waals surface area contributed by atoms with Gasteiger partial charge in [-0.05, 0) is 32.4 Å². The molecule has 0 aliphatic heterocycles. The third kappa shape index (κ3) is 2.80. The van der Waals surface area contributed by atoms with Crippen molar-refractivity contribution in [2.75, 3.05) is 0 Å². The first-order valence-corrected chi connectivity index (χ1v) is 8.66. The summed E-state index contributed by atoms with van der Waals surface area (Å²) in [5.41, 5.74) is 6.24. The monoisotopic (exact) mass is 340 g/mol. The van der Waals surface area contributed by atoms with E-state index in [1.54, 1.807) is 0 Å². The van der Waals surface area contributed by atoms with Gasteiger partial charge < -0.3 is 0 Å². The first-order chi connectivity index (χ1) is 12.6. The van der Waals surface area contributed by atoms with E-state index in [1.165, 1.54) is 0 Å². The van der Waals surface area contributed by atoms with Crippen molar-refractivity contribution in [3.05, 3.63) is 83.7 Å². The van der Waals surface area contributed by atoms with Gasteiger partial charge in [0.15, 0.2) is 11.6 Å². The van der Waals surface area contributed by atoms with Crippen molar-refractivity contribution in [1.29, 1.82) is 0 Å². The molecule has 4 heteroatoms. The van der Waals surface area contributed by atoms with Gasteiger partial charge in [0.05, 0.1) is 11.4 Å². The summed E-state index contributed by atoms with van der Waals surface area (Å²) in [6.45, 7) is 6.17. The Labute approximate surface area is 153 Å². The van der Waals surface area contributed by atoms with Crippen LogP contribution in [0.2, 0.25) is 0 Å². The predicted molar refractivity (Wildman–Crippen MR) is 104 cm³/mol. The summed E-state index contributed by atoms with van der Waals surface area (Å²) in [4.78, 5) is 4.68. The number of hydrogen-bond donors (Lipinski definition) is 0. The van der Waals surface area contributed by atoms with Crippen LogP contribution in [-0.4, -0.2) is 19.7 Å². The normalized spacial score (nSPS) is 10.9. The summed E-state index contributed by atoms with van der Waals surface area (Å²) in [6, 6.07) is 22.4. The van der Waals surface area contributed by atoms with Gasteiger partial charge in [-0.3, -0.25) is 9.55 Å². The number of aryl methyl sites for hydroxylation is 3. The Morgan fingerprint density at radius 1 is 0.692 bits per heavy atom. The molecule has 0 amide bonds. The molecular formula is C22H20N4. The molecule has 2 aromatic heterocycles. The molecule has 0 saturated heterocycles. The molecule has 2 aromatic carbocycles. The van der Waals surface area contributed by atoms with Crippen molar-refractivity contribution in [1.82, 2.24) is 19.7 Å². The van der Waals surface area contributed by atoms with Crippen molar-refractivity contribution >= 4 is 0 Å². The minimum atomic E-state index is 0.821. The van der Waals surface area contributed by atoms with Crippen LogP contribution in [-0.2, 0) is 0 Å². The zero-order valence-corrected chi connectivity index (χ0v) is 15.1. The van der Waals surface area contributed by atoms with Crippen molar-refractivity contribution in [2.24, 2.45) is 0 Å². The Morgan fingerprint density at radius 2 is 1.19 bits per heavy atom. The van der Waals surface area contributed by atoms with Crippen molar-refractivity contribution in [2.45, 2.75) is 20.8 Å². The Hall–Kier alpha value is -3.27. The number of rotatable bonds is 3. The molecule has 0 atom stereocenters. The molecule has 0 saturated carbocycles. The quantitative estimate of drug-likeness (QED) is 0.531. The lowest BCUT2D eigenvalue weighted by molar-refractivity contribution is 0.983. The molecule has 26 heavy (non-hydrogen) atoms. The molecule has 0 aliphatic rings. The summed E-state index contributed by atoms with van der Waals surface area (Å²) >= 11 is 0. The highest BCUT2D eigenvalue weighted by atomic mass is 15.3. The van der Waals surface area contributed by atoms with Crippen molar-refractivity contribution in [3.8, 4) is 28.5 Å². The third-order valence-electron chi connectivity index (χ3n) is 4.44. The molecule has 0 unspecified atom stereocenters. The number of aromatic nitrogens is 4. The molecule has 0 spiro atoms. The molecule has 4 rings (SSSR count). The van der Waals surface area contributed by atoms with Crippen LogP contribution in [0.5, 0.6) is 0 Å². The first kappa shape index (κ1) is 16.2. The van der Waals surface area contributed by atoms with Crippen molar-refractivity contribution in [3.63, 3.8) is 0 Å². The molecule has 0 N–H and O–H groups in total. The van der Waals surface area contributed by atoms with Crippen LogP contribution >= 0.6 is 0 Å². The fraction of sp³-hybridized carbons (Fsp3) is 0.136. The first-order valence-electron chi connectivity index (χ1n) is 8.66. The lowest BCUT2D eigenvalue weighted by Gasteiger charge is -2.16. The van der Waals surface area contributed by atoms with Gasteiger partial charge in [-0.2, -0.15) is 0 Å². The van der Waals surface area contributed by atoms with Crippen LogP contribution in [0.25, 0.3) is 28.5 Å². The molecule has 0 radical (unpaired) electrons. The number of hydrogen-bond acceptors (Lipinski definition) is 3. The third-order valence-corrected chi connectivity index (χ3v) is 4.44. The molecule has 2 heterocycles. The van der Waals surface area contributed by atoms with Gasteiger partial charge in [0.25, 0.3) is 0 Å². The second-order valence-electron chi connectivity index (χ2n) is 6.43. The number of benzene rings is 2. The van der Waals surface area contributed by atoms with E-state index >= 15 is 0 Å². The van der Waals surface area contributed by atoms with Gasteiger partial charge in [-0.1, -0.05) is 60.7 Å². The van der Waals surface area contributed by atoms with Crippen molar-refractivity contribution < 1.29 is 0 Å². The summed E-state index contributed by atoms with van der Waals surface area (Å²) in [6.07, 6.45) is 0. The van der Waals surface area contributed by atoms with Crippen LogP contribution in [0.1, 0.15) is 17.0 Å². The van der Waals surface area contributed by atoms with Crippen LogP contribution in [0.4, 0.5) is 0 Å². The zero-order chi connectivity index (χ0) is 18.1. The highest BCUT2D eigenvalue weighted by Gasteiger charge is 2.20. The van der Waals surface area contributed by atoms with E-state index in [1.807, 2.05) is 50.2 Å². The molecule has 128 valence electrons. The summed E-state index contributed by atoms with van der Waals surface area (Å²) in [5, 5.41) is 9.06. The Bertz CT molecular complexity index is 970. The van der Waals surface area contributed by atoms with E-state index < -0.39 is 0 Å². The minimum Gasteiger partial charge on any atom is -0.273 e. The number of pyridine rings is 1. The second kappa shape index (κ2) is 6.56. The van der Waals surface area contributed by atoms with E-state index in [9.17, 15) is 0 Å². The van der Waals surface area contributed by atoms with E-state index in [0.29, 0.717) is 0 Å². The lowest BCUT2D eigenvalue weighted by atomic mass is 10.1. The molecule has 0 fully saturated rings. The Morgan fingerprint density at radius 3 is 1.65 bits per heavy atom. The van der Waals surface area contributed by atoms with E-state index in [0.717, 1.165) is 45.4 Å². The molecule has 4 nitrogen and oxygen atoms in total. The molecule has 4 aromatic rings. The maximum atomic E-state index is 4.68. The fourth-order valence-electron chi connectivity index (χ4n) is 3.40. The summed E-state index contributed by atoms with van der Waals surface area (Å²) in [7, 11) is 0. The Kier molecular flexibility index (Phi) is 4.09.